The van der Waals surface area contributed by atoms with Gasteiger partial charge in [0.05, 0.1) is 15.2 Å². The van der Waals surface area contributed by atoms with Crippen LogP contribution in [0.15, 0.2) is 23.1 Å². The minimum absolute atomic E-state index is 0.205. The zero-order valence-corrected chi connectivity index (χ0v) is 11.3. The summed E-state index contributed by atoms with van der Waals surface area (Å²) in [6.07, 6.45) is 2.38. The highest BCUT2D eigenvalue weighted by Gasteiger charge is 2.37. The van der Waals surface area contributed by atoms with E-state index in [-0.39, 0.29) is 10.1 Å². The van der Waals surface area contributed by atoms with E-state index in [0.29, 0.717) is 5.02 Å². The van der Waals surface area contributed by atoms with E-state index in [1.165, 1.54) is 0 Å². The maximum absolute atomic E-state index is 12.0. The summed E-state index contributed by atoms with van der Waals surface area (Å²) in [7, 11) is -1.30. The molecule has 1 aliphatic carbocycles. The van der Waals surface area contributed by atoms with Gasteiger partial charge in [-0.25, -0.2) is 8.42 Å². The van der Waals surface area contributed by atoms with Gasteiger partial charge < -0.3 is 5.32 Å². The fourth-order valence-corrected chi connectivity index (χ4v) is 3.99. The Labute approximate surface area is 107 Å². The third-order valence-electron chi connectivity index (χ3n) is 2.93. The van der Waals surface area contributed by atoms with Crippen molar-refractivity contribution in [2.75, 3.05) is 13.6 Å². The SMILES string of the molecule is CNCCc1ccc(S(=O)(=O)C2CC2)c(Cl)c1. The van der Waals surface area contributed by atoms with Crippen LogP contribution in [-0.4, -0.2) is 27.3 Å². The number of likely N-dealkylation sites (N-methyl/N-ethyl adjacent to an activating group) is 1. The van der Waals surface area contributed by atoms with Gasteiger partial charge >= 0.3 is 0 Å². The minimum atomic E-state index is -3.18. The number of sulfone groups is 1. The second kappa shape index (κ2) is 4.96. The lowest BCUT2D eigenvalue weighted by Gasteiger charge is -2.07. The Bertz CT molecular complexity index is 509. The van der Waals surface area contributed by atoms with E-state index in [1.807, 2.05) is 13.1 Å². The van der Waals surface area contributed by atoms with Crippen LogP contribution in [0.4, 0.5) is 0 Å². The quantitative estimate of drug-likeness (QED) is 0.893. The lowest BCUT2D eigenvalue weighted by atomic mass is 10.1. The average molecular weight is 274 g/mol. The first kappa shape index (κ1) is 12.9. The Kier molecular flexibility index (Phi) is 3.76. The highest BCUT2D eigenvalue weighted by Crippen LogP contribution is 2.36. The van der Waals surface area contributed by atoms with E-state index in [0.717, 1.165) is 31.4 Å². The van der Waals surface area contributed by atoms with Crippen molar-refractivity contribution in [2.24, 2.45) is 0 Å². The normalized spacial score (nSPS) is 16.1. The smallest absolute Gasteiger partial charge is 0.182 e. The largest absolute Gasteiger partial charge is 0.319 e. The summed E-state index contributed by atoms with van der Waals surface area (Å²) >= 11 is 6.07. The second-order valence-electron chi connectivity index (χ2n) is 4.36. The zero-order chi connectivity index (χ0) is 12.5. The van der Waals surface area contributed by atoms with Gasteiger partial charge in [0.2, 0.25) is 0 Å². The lowest BCUT2D eigenvalue weighted by molar-refractivity contribution is 0.595. The van der Waals surface area contributed by atoms with Crippen LogP contribution >= 0.6 is 11.6 Å². The highest BCUT2D eigenvalue weighted by molar-refractivity contribution is 7.92. The third kappa shape index (κ3) is 2.81. The van der Waals surface area contributed by atoms with Crippen molar-refractivity contribution in [1.82, 2.24) is 5.32 Å². The van der Waals surface area contributed by atoms with Gasteiger partial charge in [-0.05, 0) is 50.6 Å². The first-order chi connectivity index (χ1) is 8.05. The van der Waals surface area contributed by atoms with Gasteiger partial charge in [0, 0.05) is 0 Å². The number of halogens is 1. The number of hydrogen-bond donors (Lipinski definition) is 1. The van der Waals surface area contributed by atoms with Crippen LogP contribution in [0.25, 0.3) is 0 Å². The first-order valence-electron chi connectivity index (χ1n) is 5.72. The molecule has 1 aromatic rings. The minimum Gasteiger partial charge on any atom is -0.319 e. The van der Waals surface area contributed by atoms with Gasteiger partial charge in [-0.1, -0.05) is 17.7 Å². The van der Waals surface area contributed by atoms with Crippen LogP contribution in [0.2, 0.25) is 5.02 Å². The molecule has 1 aliphatic rings. The van der Waals surface area contributed by atoms with Crippen LogP contribution < -0.4 is 5.32 Å². The maximum atomic E-state index is 12.0. The molecule has 0 aromatic heterocycles. The summed E-state index contributed by atoms with van der Waals surface area (Å²) in [4.78, 5) is 0.287. The van der Waals surface area contributed by atoms with E-state index >= 15 is 0 Å². The van der Waals surface area contributed by atoms with Crippen LogP contribution in [0.5, 0.6) is 0 Å². The highest BCUT2D eigenvalue weighted by atomic mass is 35.5. The molecule has 3 nitrogen and oxygen atoms in total. The molecule has 0 amide bonds. The topological polar surface area (TPSA) is 46.2 Å². The van der Waals surface area contributed by atoms with Crippen molar-refractivity contribution in [1.29, 1.82) is 0 Å². The van der Waals surface area contributed by atoms with Gasteiger partial charge in [0.25, 0.3) is 0 Å². The molecule has 1 aromatic carbocycles. The van der Waals surface area contributed by atoms with Crippen molar-refractivity contribution in [2.45, 2.75) is 29.4 Å². The predicted molar refractivity (Wildman–Crippen MR) is 69.3 cm³/mol. The first-order valence-corrected chi connectivity index (χ1v) is 7.65. The van der Waals surface area contributed by atoms with Crippen LogP contribution in [0.1, 0.15) is 18.4 Å². The molecule has 0 heterocycles. The molecule has 2 rings (SSSR count). The van der Waals surface area contributed by atoms with Gasteiger partial charge in [-0.15, -0.1) is 0 Å². The molecule has 0 aliphatic heterocycles. The average Bonchev–Trinajstić information content (AvgIpc) is 3.10. The van der Waals surface area contributed by atoms with Gasteiger partial charge in [0.15, 0.2) is 9.84 Å². The standard InChI is InChI=1S/C12H16ClNO2S/c1-14-7-6-9-2-5-12(11(13)8-9)17(15,16)10-3-4-10/h2,5,8,10,14H,3-4,6-7H2,1H3. The van der Waals surface area contributed by atoms with Crippen LogP contribution in [0, 0.1) is 0 Å². The maximum Gasteiger partial charge on any atom is 0.182 e. The number of nitrogens with one attached hydrogen (secondary N) is 1. The molecule has 1 fully saturated rings. The summed E-state index contributed by atoms with van der Waals surface area (Å²) < 4.78 is 24.1. The molecular formula is C12H16ClNO2S. The molecule has 94 valence electrons. The fraction of sp³-hybridized carbons (Fsp3) is 0.500. The fourth-order valence-electron chi connectivity index (χ4n) is 1.76. The van der Waals surface area contributed by atoms with E-state index in [2.05, 4.69) is 5.32 Å². The molecule has 0 unspecified atom stereocenters. The molecule has 1 N–H and O–H groups in total. The van der Waals surface area contributed by atoms with Crippen LogP contribution in [0.3, 0.4) is 0 Å². The molecule has 0 bridgehead atoms. The van der Waals surface area contributed by atoms with Crippen molar-refractivity contribution in [3.05, 3.63) is 28.8 Å². The van der Waals surface area contributed by atoms with Crippen molar-refractivity contribution in [3.8, 4) is 0 Å². The molecule has 0 atom stereocenters. The van der Waals surface area contributed by atoms with E-state index in [9.17, 15) is 8.42 Å². The summed E-state index contributed by atoms with van der Waals surface area (Å²) in [5.41, 5.74) is 1.05. The molecular weight excluding hydrogens is 258 g/mol. The molecule has 5 heteroatoms. The second-order valence-corrected chi connectivity index (χ2v) is 6.97. The monoisotopic (exact) mass is 273 g/mol. The Morgan fingerprint density at radius 2 is 2.12 bits per heavy atom. The number of hydrogen-bond acceptors (Lipinski definition) is 3. The van der Waals surface area contributed by atoms with Crippen molar-refractivity contribution in [3.63, 3.8) is 0 Å². The summed E-state index contributed by atoms with van der Waals surface area (Å²) in [6.45, 7) is 0.852. The summed E-state index contributed by atoms with van der Waals surface area (Å²) in [6, 6.07) is 5.24. The molecule has 17 heavy (non-hydrogen) atoms. The van der Waals surface area contributed by atoms with E-state index in [4.69, 9.17) is 11.6 Å². The Hall–Kier alpha value is -0.580. The molecule has 0 spiro atoms. The molecule has 0 radical (unpaired) electrons. The Balaban J connectivity index is 2.25. The molecule has 1 saturated carbocycles. The Morgan fingerprint density at radius 1 is 1.41 bits per heavy atom. The number of rotatable bonds is 5. The molecule has 0 saturated heterocycles. The zero-order valence-electron chi connectivity index (χ0n) is 9.74. The summed E-state index contributed by atoms with van der Waals surface area (Å²) in [5, 5.41) is 3.19. The van der Waals surface area contributed by atoms with Crippen molar-refractivity contribution >= 4 is 21.4 Å². The number of benzene rings is 1. The Morgan fingerprint density at radius 3 is 2.65 bits per heavy atom. The van der Waals surface area contributed by atoms with E-state index in [1.54, 1.807) is 12.1 Å². The summed E-state index contributed by atoms with van der Waals surface area (Å²) in [5.74, 6) is 0. The third-order valence-corrected chi connectivity index (χ3v) is 5.67. The van der Waals surface area contributed by atoms with Crippen LogP contribution in [-0.2, 0) is 16.3 Å². The van der Waals surface area contributed by atoms with Gasteiger partial charge in [-0.3, -0.25) is 0 Å². The van der Waals surface area contributed by atoms with Gasteiger partial charge in [0.1, 0.15) is 0 Å². The van der Waals surface area contributed by atoms with Gasteiger partial charge in [-0.2, -0.15) is 0 Å². The lowest BCUT2D eigenvalue weighted by Crippen LogP contribution is -2.11. The van der Waals surface area contributed by atoms with E-state index < -0.39 is 9.84 Å². The van der Waals surface area contributed by atoms with Crippen molar-refractivity contribution < 1.29 is 8.42 Å². The predicted octanol–water partition coefficient (Wildman–Crippen LogP) is 2.04.